The van der Waals surface area contributed by atoms with Crippen LogP contribution in [0.1, 0.15) is 16.8 Å². The van der Waals surface area contributed by atoms with Gasteiger partial charge in [-0.05, 0) is 24.3 Å². The molecule has 4 rings (SSSR count). The second kappa shape index (κ2) is 4.69. The molecule has 5 heteroatoms. The van der Waals surface area contributed by atoms with Crippen molar-refractivity contribution in [3.05, 3.63) is 63.9 Å². The van der Waals surface area contributed by atoms with Crippen LogP contribution in [0.4, 0.5) is 0 Å². The Morgan fingerprint density at radius 1 is 1.15 bits per heavy atom. The van der Waals surface area contributed by atoms with E-state index in [4.69, 9.17) is 23.2 Å². The molecule has 0 amide bonds. The number of rotatable bonds is 1. The molecule has 0 fully saturated rings. The second-order valence-corrected chi connectivity index (χ2v) is 6.63. The first-order valence-electron chi connectivity index (χ1n) is 6.26. The Hall–Kier alpha value is -1.16. The highest BCUT2D eigenvalue weighted by Gasteiger charge is 2.28. The van der Waals surface area contributed by atoms with Gasteiger partial charge in [0.05, 0.1) is 16.8 Å². The van der Waals surface area contributed by atoms with Gasteiger partial charge >= 0.3 is 0 Å². The summed E-state index contributed by atoms with van der Waals surface area (Å²) in [4.78, 5) is 4.69. The highest BCUT2D eigenvalue weighted by molar-refractivity contribution is 7.99. The lowest BCUT2D eigenvalue weighted by Crippen LogP contribution is -2.03. The number of para-hydroxylation sites is 2. The quantitative estimate of drug-likeness (QED) is 0.618. The number of fused-ring (bicyclic) bond motifs is 3. The zero-order chi connectivity index (χ0) is 13.7. The lowest BCUT2D eigenvalue weighted by molar-refractivity contribution is 0.794. The van der Waals surface area contributed by atoms with Crippen molar-refractivity contribution in [3.63, 3.8) is 0 Å². The summed E-state index contributed by atoms with van der Waals surface area (Å²) in [5.41, 5.74) is 3.28. The molecule has 3 aromatic rings. The molecule has 1 aliphatic rings. The van der Waals surface area contributed by atoms with Crippen molar-refractivity contribution < 1.29 is 0 Å². The Kier molecular flexibility index (Phi) is 2.95. The van der Waals surface area contributed by atoms with Crippen molar-refractivity contribution >= 4 is 46.0 Å². The van der Waals surface area contributed by atoms with E-state index < -0.39 is 0 Å². The molecule has 0 unspecified atom stereocenters. The second-order valence-electron chi connectivity index (χ2n) is 4.72. The summed E-state index contributed by atoms with van der Waals surface area (Å²) in [7, 11) is 0. The third-order valence-corrected chi connectivity index (χ3v) is 5.27. The summed E-state index contributed by atoms with van der Waals surface area (Å²) in [5.74, 6) is 2.00. The van der Waals surface area contributed by atoms with Gasteiger partial charge in [-0.1, -0.05) is 41.4 Å². The Morgan fingerprint density at radius 2 is 2.00 bits per heavy atom. The Bertz CT molecular complexity index is 813. The maximum atomic E-state index is 6.36. The monoisotopic (exact) mass is 320 g/mol. The molecule has 0 aliphatic carbocycles. The fraction of sp³-hybridized carbons (Fsp3) is 0.133. The van der Waals surface area contributed by atoms with Gasteiger partial charge in [0.15, 0.2) is 0 Å². The van der Waals surface area contributed by atoms with E-state index in [1.807, 2.05) is 42.1 Å². The summed E-state index contributed by atoms with van der Waals surface area (Å²) in [6, 6.07) is 13.9. The number of thioether (sulfide) groups is 1. The van der Waals surface area contributed by atoms with Crippen molar-refractivity contribution in [2.45, 2.75) is 11.1 Å². The van der Waals surface area contributed by atoms with Gasteiger partial charge < -0.3 is 4.57 Å². The lowest BCUT2D eigenvalue weighted by Gasteiger charge is -2.15. The van der Waals surface area contributed by atoms with Crippen LogP contribution in [0.15, 0.2) is 42.5 Å². The largest absolute Gasteiger partial charge is 0.310 e. The number of benzene rings is 2. The molecule has 100 valence electrons. The summed E-state index contributed by atoms with van der Waals surface area (Å²) >= 11 is 14.2. The van der Waals surface area contributed by atoms with E-state index >= 15 is 0 Å². The molecular formula is C15H10Cl2N2S. The minimum Gasteiger partial charge on any atom is -0.310 e. The Morgan fingerprint density at radius 3 is 2.85 bits per heavy atom. The third-order valence-electron chi connectivity index (χ3n) is 3.50. The fourth-order valence-corrected chi connectivity index (χ4v) is 4.47. The van der Waals surface area contributed by atoms with E-state index in [0.29, 0.717) is 10.0 Å². The molecule has 20 heavy (non-hydrogen) atoms. The van der Waals surface area contributed by atoms with E-state index in [2.05, 4.69) is 15.6 Å². The van der Waals surface area contributed by atoms with Crippen LogP contribution in [0.25, 0.3) is 11.0 Å². The van der Waals surface area contributed by atoms with Crippen LogP contribution in [0.2, 0.25) is 10.0 Å². The van der Waals surface area contributed by atoms with Crippen LogP contribution in [-0.2, 0) is 5.75 Å². The highest BCUT2D eigenvalue weighted by atomic mass is 35.5. The van der Waals surface area contributed by atoms with Crippen molar-refractivity contribution in [2.75, 3.05) is 0 Å². The van der Waals surface area contributed by atoms with Gasteiger partial charge in [-0.15, -0.1) is 11.8 Å². The molecule has 2 aromatic carbocycles. The summed E-state index contributed by atoms with van der Waals surface area (Å²) in [5, 5.41) is 1.54. The number of imidazole rings is 1. The molecule has 0 bridgehead atoms. The molecular weight excluding hydrogens is 311 g/mol. The Labute approximate surface area is 130 Å². The number of nitrogens with zero attached hydrogens (tertiary/aromatic N) is 2. The molecule has 2 nitrogen and oxygen atoms in total. The van der Waals surface area contributed by atoms with Gasteiger partial charge in [-0.25, -0.2) is 4.98 Å². The van der Waals surface area contributed by atoms with Crippen LogP contribution in [0.5, 0.6) is 0 Å². The SMILES string of the molecule is Clc1ccc([C@@H]2SCc3nc4ccccc4n32)c(Cl)c1. The number of halogens is 2. The molecule has 0 saturated heterocycles. The van der Waals surface area contributed by atoms with E-state index in [-0.39, 0.29) is 5.37 Å². The van der Waals surface area contributed by atoms with Crippen LogP contribution in [0, 0.1) is 0 Å². The smallest absolute Gasteiger partial charge is 0.121 e. The molecule has 0 radical (unpaired) electrons. The van der Waals surface area contributed by atoms with E-state index in [9.17, 15) is 0 Å². The maximum Gasteiger partial charge on any atom is 0.121 e. The molecule has 0 N–H and O–H groups in total. The minimum atomic E-state index is 0.169. The van der Waals surface area contributed by atoms with Gasteiger partial charge in [0, 0.05) is 15.6 Å². The predicted octanol–water partition coefficient (Wildman–Crippen LogP) is 5.14. The van der Waals surface area contributed by atoms with Crippen LogP contribution in [0.3, 0.4) is 0 Å². The first-order valence-corrected chi connectivity index (χ1v) is 8.07. The fourth-order valence-electron chi connectivity index (χ4n) is 2.62. The van der Waals surface area contributed by atoms with Crippen LogP contribution < -0.4 is 0 Å². The lowest BCUT2D eigenvalue weighted by atomic mass is 10.2. The van der Waals surface area contributed by atoms with E-state index in [1.54, 1.807) is 6.07 Å². The van der Waals surface area contributed by atoms with E-state index in [0.717, 1.165) is 28.2 Å². The topological polar surface area (TPSA) is 17.8 Å². The summed E-state index contributed by atoms with van der Waals surface area (Å²) < 4.78 is 2.27. The first-order chi connectivity index (χ1) is 9.74. The molecule has 0 spiro atoms. The normalized spacial score (nSPS) is 17.6. The molecule has 1 atom stereocenters. The van der Waals surface area contributed by atoms with E-state index in [1.165, 1.54) is 0 Å². The number of aromatic nitrogens is 2. The third kappa shape index (κ3) is 1.85. The average Bonchev–Trinajstić information content (AvgIpc) is 2.98. The highest BCUT2D eigenvalue weighted by Crippen LogP contribution is 2.45. The zero-order valence-corrected chi connectivity index (χ0v) is 12.7. The predicted molar refractivity (Wildman–Crippen MR) is 85.6 cm³/mol. The average molecular weight is 321 g/mol. The van der Waals surface area contributed by atoms with Gasteiger partial charge in [0.1, 0.15) is 11.2 Å². The molecule has 1 aliphatic heterocycles. The van der Waals surface area contributed by atoms with Crippen LogP contribution in [-0.4, -0.2) is 9.55 Å². The summed E-state index contributed by atoms with van der Waals surface area (Å²) in [6.07, 6.45) is 0. The van der Waals surface area contributed by atoms with Gasteiger partial charge in [-0.3, -0.25) is 0 Å². The van der Waals surface area contributed by atoms with Crippen molar-refractivity contribution in [3.8, 4) is 0 Å². The first kappa shape index (κ1) is 12.6. The zero-order valence-electron chi connectivity index (χ0n) is 10.4. The van der Waals surface area contributed by atoms with Crippen molar-refractivity contribution in [1.29, 1.82) is 0 Å². The van der Waals surface area contributed by atoms with Crippen LogP contribution >= 0.6 is 35.0 Å². The number of hydrogen-bond donors (Lipinski definition) is 0. The standard InChI is InChI=1S/C15H10Cl2N2S/c16-9-5-6-10(11(17)7-9)15-19-13-4-2-1-3-12(13)18-14(19)8-20-15/h1-7,15H,8H2/t15-/m0/s1. The molecule has 2 heterocycles. The van der Waals surface area contributed by atoms with Gasteiger partial charge in [0.2, 0.25) is 0 Å². The minimum absolute atomic E-state index is 0.169. The van der Waals surface area contributed by atoms with Gasteiger partial charge in [-0.2, -0.15) is 0 Å². The van der Waals surface area contributed by atoms with Crippen molar-refractivity contribution in [2.24, 2.45) is 0 Å². The molecule has 0 saturated carbocycles. The Balaban J connectivity index is 1.91. The molecule has 1 aromatic heterocycles. The van der Waals surface area contributed by atoms with Crippen molar-refractivity contribution in [1.82, 2.24) is 9.55 Å². The van der Waals surface area contributed by atoms with Gasteiger partial charge in [0.25, 0.3) is 0 Å². The summed E-state index contributed by atoms with van der Waals surface area (Å²) in [6.45, 7) is 0. The maximum absolute atomic E-state index is 6.36. The number of hydrogen-bond acceptors (Lipinski definition) is 2.